The van der Waals surface area contributed by atoms with Gasteiger partial charge in [0.2, 0.25) is 5.91 Å². The van der Waals surface area contributed by atoms with E-state index in [1.165, 1.54) is 17.3 Å². The summed E-state index contributed by atoms with van der Waals surface area (Å²) in [6.07, 6.45) is 4.03. The molecule has 1 aliphatic rings. The summed E-state index contributed by atoms with van der Waals surface area (Å²) in [5, 5.41) is 3.71. The molecule has 0 unspecified atom stereocenters. The van der Waals surface area contributed by atoms with Crippen molar-refractivity contribution in [1.82, 2.24) is 14.5 Å². The van der Waals surface area contributed by atoms with Gasteiger partial charge in [-0.3, -0.25) is 9.36 Å². The summed E-state index contributed by atoms with van der Waals surface area (Å²) in [7, 11) is 0. The van der Waals surface area contributed by atoms with Crippen LogP contribution < -0.4 is 11.0 Å². The number of carbonyl (C=O) groups excluding carboxylic acids is 1. The lowest BCUT2D eigenvalue weighted by Crippen LogP contribution is -2.35. The Kier molecular flexibility index (Phi) is 8.32. The number of carbonyl (C=O) groups is 1. The lowest BCUT2D eigenvalue weighted by atomic mass is 9.97. The minimum atomic E-state index is -0.190. The summed E-state index contributed by atoms with van der Waals surface area (Å²) in [5.74, 6) is 0.171. The highest BCUT2D eigenvalue weighted by molar-refractivity contribution is 8.00. The molecule has 2 aromatic rings. The predicted molar refractivity (Wildman–Crippen MR) is 128 cm³/mol. The summed E-state index contributed by atoms with van der Waals surface area (Å²) < 4.78 is 1.87. The SMILES string of the molecule is CCN(CC)CCn1c2c(c(SCC(=O)Nc3ccc(C)cc3C)nc1=O)CCCC2. The van der Waals surface area contributed by atoms with Crippen LogP contribution in [0.2, 0.25) is 0 Å². The number of fused-ring (bicyclic) bond motifs is 1. The summed E-state index contributed by atoms with van der Waals surface area (Å²) in [5.41, 5.74) is 5.14. The van der Waals surface area contributed by atoms with Crippen LogP contribution in [0.4, 0.5) is 5.69 Å². The highest BCUT2D eigenvalue weighted by Crippen LogP contribution is 2.28. The zero-order valence-corrected chi connectivity index (χ0v) is 20.0. The molecule has 1 aromatic heterocycles. The van der Waals surface area contributed by atoms with Crippen molar-refractivity contribution >= 4 is 23.4 Å². The Hall–Kier alpha value is -2.12. The molecule has 1 aromatic carbocycles. The van der Waals surface area contributed by atoms with Crippen LogP contribution >= 0.6 is 11.8 Å². The molecular formula is C24H34N4O2S. The molecule has 0 bridgehead atoms. The van der Waals surface area contributed by atoms with Gasteiger partial charge in [-0.1, -0.05) is 43.3 Å². The summed E-state index contributed by atoms with van der Waals surface area (Å²) in [4.78, 5) is 32.1. The van der Waals surface area contributed by atoms with Crippen LogP contribution in [0.5, 0.6) is 0 Å². The lowest BCUT2D eigenvalue weighted by molar-refractivity contribution is -0.113. The van der Waals surface area contributed by atoms with E-state index in [1.54, 1.807) is 0 Å². The van der Waals surface area contributed by atoms with Crippen molar-refractivity contribution < 1.29 is 4.79 Å². The van der Waals surface area contributed by atoms with Crippen LogP contribution in [0.15, 0.2) is 28.0 Å². The number of thioether (sulfide) groups is 1. The van der Waals surface area contributed by atoms with Crippen molar-refractivity contribution in [2.75, 3.05) is 30.7 Å². The Bertz CT molecular complexity index is 982. The van der Waals surface area contributed by atoms with Crippen molar-refractivity contribution in [3.63, 3.8) is 0 Å². The molecule has 1 amide bonds. The van der Waals surface area contributed by atoms with E-state index in [0.29, 0.717) is 6.54 Å². The minimum Gasteiger partial charge on any atom is -0.325 e. The first-order valence-electron chi connectivity index (χ1n) is 11.3. The topological polar surface area (TPSA) is 67.2 Å². The zero-order chi connectivity index (χ0) is 22.4. The number of benzene rings is 1. The quantitative estimate of drug-likeness (QED) is 0.472. The number of anilines is 1. The monoisotopic (exact) mass is 442 g/mol. The fraction of sp³-hybridized carbons (Fsp3) is 0.542. The molecule has 0 radical (unpaired) electrons. The number of hydrogen-bond donors (Lipinski definition) is 1. The molecule has 0 saturated carbocycles. The van der Waals surface area contributed by atoms with Gasteiger partial charge in [-0.05, 0) is 64.3 Å². The van der Waals surface area contributed by atoms with Gasteiger partial charge in [-0.2, -0.15) is 4.98 Å². The molecule has 31 heavy (non-hydrogen) atoms. The number of hydrogen-bond acceptors (Lipinski definition) is 5. The van der Waals surface area contributed by atoms with E-state index < -0.39 is 0 Å². The molecule has 168 valence electrons. The molecule has 0 fully saturated rings. The van der Waals surface area contributed by atoms with Crippen LogP contribution in [0, 0.1) is 13.8 Å². The normalized spacial score (nSPS) is 13.3. The third-order valence-electron chi connectivity index (χ3n) is 5.98. The van der Waals surface area contributed by atoms with Gasteiger partial charge < -0.3 is 10.2 Å². The van der Waals surface area contributed by atoms with E-state index in [1.807, 2.05) is 30.5 Å². The average molecular weight is 443 g/mol. The number of aromatic nitrogens is 2. The third kappa shape index (κ3) is 5.98. The Morgan fingerprint density at radius 1 is 1.19 bits per heavy atom. The molecule has 7 heteroatoms. The van der Waals surface area contributed by atoms with E-state index in [2.05, 4.69) is 35.1 Å². The second-order valence-electron chi connectivity index (χ2n) is 8.17. The highest BCUT2D eigenvalue weighted by Gasteiger charge is 2.21. The second kappa shape index (κ2) is 11.0. The maximum atomic E-state index is 12.8. The molecule has 1 N–H and O–H groups in total. The lowest BCUT2D eigenvalue weighted by Gasteiger charge is -2.24. The van der Waals surface area contributed by atoms with Crippen molar-refractivity contribution in [2.24, 2.45) is 0 Å². The zero-order valence-electron chi connectivity index (χ0n) is 19.2. The predicted octanol–water partition coefficient (Wildman–Crippen LogP) is 3.81. The number of likely N-dealkylation sites (N-methyl/N-ethyl adjacent to an activating group) is 1. The summed E-state index contributed by atoms with van der Waals surface area (Å²) in [6, 6.07) is 5.98. The fourth-order valence-electron chi connectivity index (χ4n) is 4.15. The van der Waals surface area contributed by atoms with Gasteiger partial charge in [0.15, 0.2) is 0 Å². The summed E-state index contributed by atoms with van der Waals surface area (Å²) >= 11 is 1.38. The maximum absolute atomic E-state index is 12.8. The molecule has 0 atom stereocenters. The Labute approximate surface area is 189 Å². The molecule has 1 aliphatic carbocycles. The van der Waals surface area contributed by atoms with E-state index in [9.17, 15) is 9.59 Å². The Morgan fingerprint density at radius 3 is 2.65 bits per heavy atom. The number of nitrogens with one attached hydrogen (secondary N) is 1. The molecule has 0 aliphatic heterocycles. The van der Waals surface area contributed by atoms with Crippen molar-refractivity contribution in [2.45, 2.75) is 64.9 Å². The van der Waals surface area contributed by atoms with Crippen LogP contribution in [0.3, 0.4) is 0 Å². The molecule has 1 heterocycles. The van der Waals surface area contributed by atoms with Gasteiger partial charge in [-0.15, -0.1) is 0 Å². The first kappa shape index (κ1) is 23.5. The molecular weight excluding hydrogens is 408 g/mol. The van der Waals surface area contributed by atoms with E-state index in [-0.39, 0.29) is 17.3 Å². The molecule has 0 spiro atoms. The van der Waals surface area contributed by atoms with E-state index >= 15 is 0 Å². The van der Waals surface area contributed by atoms with Gasteiger partial charge in [0.25, 0.3) is 0 Å². The highest BCUT2D eigenvalue weighted by atomic mass is 32.2. The van der Waals surface area contributed by atoms with Gasteiger partial charge in [0.1, 0.15) is 5.03 Å². The largest absolute Gasteiger partial charge is 0.348 e. The average Bonchev–Trinajstić information content (AvgIpc) is 2.76. The van der Waals surface area contributed by atoms with Crippen LogP contribution in [-0.2, 0) is 24.2 Å². The first-order valence-corrected chi connectivity index (χ1v) is 12.3. The minimum absolute atomic E-state index is 0.0750. The third-order valence-corrected chi connectivity index (χ3v) is 7.00. The number of nitrogens with zero attached hydrogens (tertiary/aromatic N) is 3. The second-order valence-corrected chi connectivity index (χ2v) is 9.13. The van der Waals surface area contributed by atoms with Crippen LogP contribution in [0.1, 0.15) is 49.1 Å². The van der Waals surface area contributed by atoms with Gasteiger partial charge in [-0.25, -0.2) is 4.79 Å². The van der Waals surface area contributed by atoms with Crippen LogP contribution in [0.25, 0.3) is 0 Å². The number of aryl methyl sites for hydroxylation is 2. The standard InChI is InChI=1S/C24H34N4O2S/c1-5-27(6-2)13-14-28-21-10-8-7-9-19(21)23(26-24(28)30)31-16-22(29)25-20-12-11-17(3)15-18(20)4/h11-12,15H,5-10,13-14,16H2,1-4H3,(H,25,29). The van der Waals surface area contributed by atoms with Crippen molar-refractivity contribution in [3.05, 3.63) is 51.1 Å². The molecule has 0 saturated heterocycles. The van der Waals surface area contributed by atoms with Crippen molar-refractivity contribution in [1.29, 1.82) is 0 Å². The maximum Gasteiger partial charge on any atom is 0.348 e. The molecule has 6 nitrogen and oxygen atoms in total. The number of amides is 1. The van der Waals surface area contributed by atoms with E-state index in [0.717, 1.165) is 72.9 Å². The summed E-state index contributed by atoms with van der Waals surface area (Å²) in [6.45, 7) is 11.8. The fourth-order valence-corrected chi connectivity index (χ4v) is 5.03. The van der Waals surface area contributed by atoms with Crippen LogP contribution in [-0.4, -0.2) is 45.7 Å². The Balaban J connectivity index is 1.73. The number of rotatable bonds is 9. The van der Waals surface area contributed by atoms with E-state index in [4.69, 9.17) is 0 Å². The smallest absolute Gasteiger partial charge is 0.325 e. The first-order chi connectivity index (χ1) is 14.9. The van der Waals surface area contributed by atoms with Gasteiger partial charge >= 0.3 is 5.69 Å². The Morgan fingerprint density at radius 2 is 1.94 bits per heavy atom. The van der Waals surface area contributed by atoms with Gasteiger partial charge in [0, 0.05) is 30.0 Å². The van der Waals surface area contributed by atoms with Crippen molar-refractivity contribution in [3.8, 4) is 0 Å². The van der Waals surface area contributed by atoms with Gasteiger partial charge in [0.05, 0.1) is 5.75 Å². The molecule has 3 rings (SSSR count).